The summed E-state index contributed by atoms with van der Waals surface area (Å²) >= 11 is 2.18. The average Bonchev–Trinajstić information content (AvgIpc) is 3.36. The van der Waals surface area contributed by atoms with Gasteiger partial charge < -0.3 is 14.6 Å². The van der Waals surface area contributed by atoms with Crippen molar-refractivity contribution in [1.29, 1.82) is 0 Å². The molecule has 160 valence electrons. The number of furan rings is 1. The molecule has 30 heavy (non-hydrogen) atoms. The third-order valence-electron chi connectivity index (χ3n) is 3.73. The molecule has 0 saturated carbocycles. The molecule has 0 radical (unpaired) electrons. The van der Waals surface area contributed by atoms with E-state index >= 15 is 0 Å². The van der Waals surface area contributed by atoms with Gasteiger partial charge in [0.1, 0.15) is 18.1 Å². The smallest absolute Gasteiger partial charge is 0.406 e. The van der Waals surface area contributed by atoms with E-state index in [-0.39, 0.29) is 23.9 Å². The van der Waals surface area contributed by atoms with Crippen molar-refractivity contribution >= 4 is 34.1 Å². The van der Waals surface area contributed by atoms with E-state index in [0.29, 0.717) is 20.9 Å². The number of alkyl halides is 3. The van der Waals surface area contributed by atoms with Gasteiger partial charge in [-0.3, -0.25) is 4.79 Å². The summed E-state index contributed by atoms with van der Waals surface area (Å²) < 4.78 is 56.9. The summed E-state index contributed by atoms with van der Waals surface area (Å²) in [6.07, 6.45) is -3.19. The zero-order valence-corrected chi connectivity index (χ0v) is 17.0. The number of anilines is 1. The van der Waals surface area contributed by atoms with Gasteiger partial charge in [-0.05, 0) is 29.8 Å². The minimum Gasteiger partial charge on any atom is -0.467 e. The SMILES string of the molecule is O=C(CSc1nnc(NCc2ccc(F)cc2)s1)N(Cc1ccco1)CC(F)(F)F. The lowest BCUT2D eigenvalue weighted by molar-refractivity contribution is -0.161. The third-order valence-corrected chi connectivity index (χ3v) is 5.73. The largest absolute Gasteiger partial charge is 0.467 e. The second kappa shape index (κ2) is 9.94. The Kier molecular flexibility index (Phi) is 7.32. The van der Waals surface area contributed by atoms with Crippen LogP contribution in [0.3, 0.4) is 0 Å². The molecular formula is C18H16F4N4O2S2. The van der Waals surface area contributed by atoms with E-state index in [1.54, 1.807) is 18.2 Å². The van der Waals surface area contributed by atoms with Crippen molar-refractivity contribution in [3.8, 4) is 0 Å². The Morgan fingerprint density at radius 1 is 1.20 bits per heavy atom. The molecule has 6 nitrogen and oxygen atoms in total. The maximum atomic E-state index is 12.9. The molecule has 1 aromatic carbocycles. The number of carbonyl (C=O) groups is 1. The lowest BCUT2D eigenvalue weighted by atomic mass is 10.2. The van der Waals surface area contributed by atoms with Gasteiger partial charge in [-0.1, -0.05) is 35.2 Å². The van der Waals surface area contributed by atoms with Crippen LogP contribution in [0.4, 0.5) is 22.7 Å². The summed E-state index contributed by atoms with van der Waals surface area (Å²) in [6, 6.07) is 9.01. The summed E-state index contributed by atoms with van der Waals surface area (Å²) in [7, 11) is 0. The lowest BCUT2D eigenvalue weighted by Crippen LogP contribution is -2.39. The van der Waals surface area contributed by atoms with Crippen LogP contribution >= 0.6 is 23.1 Å². The normalized spacial score (nSPS) is 11.5. The molecule has 0 atom stereocenters. The van der Waals surface area contributed by atoms with E-state index in [1.165, 1.54) is 35.8 Å². The molecule has 2 heterocycles. The van der Waals surface area contributed by atoms with E-state index in [9.17, 15) is 22.4 Å². The molecule has 1 amide bonds. The van der Waals surface area contributed by atoms with Crippen LogP contribution in [0.25, 0.3) is 0 Å². The fraction of sp³-hybridized carbons (Fsp3) is 0.278. The number of thioether (sulfide) groups is 1. The summed E-state index contributed by atoms with van der Waals surface area (Å²) in [5.74, 6) is -0.973. The molecular weight excluding hydrogens is 444 g/mol. The predicted molar refractivity (Wildman–Crippen MR) is 105 cm³/mol. The number of nitrogens with zero attached hydrogens (tertiary/aromatic N) is 3. The van der Waals surface area contributed by atoms with Crippen molar-refractivity contribution < 1.29 is 26.8 Å². The fourth-order valence-corrected chi connectivity index (χ4v) is 4.02. The Hall–Kier alpha value is -2.60. The van der Waals surface area contributed by atoms with Crippen LogP contribution in [-0.4, -0.2) is 39.5 Å². The molecule has 2 aromatic heterocycles. The summed E-state index contributed by atoms with van der Waals surface area (Å²) in [5.41, 5.74) is 0.844. The van der Waals surface area contributed by atoms with Crippen LogP contribution in [0.5, 0.6) is 0 Å². The standard InChI is InChI=1S/C18H16F4N4O2S2/c19-13-5-3-12(4-6-13)8-23-16-24-25-17(30-16)29-10-15(27)26(11-18(20,21)22)9-14-2-1-7-28-14/h1-7H,8-11H2,(H,23,24). The Labute approximate surface area is 177 Å². The average molecular weight is 460 g/mol. The Bertz CT molecular complexity index is 946. The van der Waals surface area contributed by atoms with Crippen molar-refractivity contribution in [2.45, 2.75) is 23.6 Å². The van der Waals surface area contributed by atoms with Gasteiger partial charge in [0.15, 0.2) is 4.34 Å². The van der Waals surface area contributed by atoms with Crippen LogP contribution in [-0.2, 0) is 17.9 Å². The maximum absolute atomic E-state index is 12.9. The van der Waals surface area contributed by atoms with Crippen molar-refractivity contribution in [2.75, 3.05) is 17.6 Å². The second-order valence-corrected chi connectivity index (χ2v) is 8.29. The maximum Gasteiger partial charge on any atom is 0.406 e. The highest BCUT2D eigenvalue weighted by Crippen LogP contribution is 2.27. The van der Waals surface area contributed by atoms with Crippen molar-refractivity contribution in [3.05, 3.63) is 59.8 Å². The van der Waals surface area contributed by atoms with Gasteiger partial charge in [0.05, 0.1) is 18.6 Å². The predicted octanol–water partition coefficient (Wildman–Crippen LogP) is 4.57. The van der Waals surface area contributed by atoms with Gasteiger partial charge in [0.25, 0.3) is 0 Å². The Morgan fingerprint density at radius 2 is 1.97 bits per heavy atom. The highest BCUT2D eigenvalue weighted by molar-refractivity contribution is 8.01. The van der Waals surface area contributed by atoms with Crippen molar-refractivity contribution in [2.24, 2.45) is 0 Å². The van der Waals surface area contributed by atoms with E-state index < -0.39 is 18.6 Å². The zero-order valence-electron chi connectivity index (χ0n) is 15.4. The quantitative estimate of drug-likeness (QED) is 0.373. The minimum absolute atomic E-state index is 0.219. The van der Waals surface area contributed by atoms with Crippen molar-refractivity contribution in [1.82, 2.24) is 15.1 Å². The van der Waals surface area contributed by atoms with Crippen LogP contribution < -0.4 is 5.32 Å². The number of nitrogens with one attached hydrogen (secondary N) is 1. The highest BCUT2D eigenvalue weighted by atomic mass is 32.2. The zero-order chi connectivity index (χ0) is 21.6. The minimum atomic E-state index is -4.52. The molecule has 12 heteroatoms. The number of hydrogen-bond donors (Lipinski definition) is 1. The summed E-state index contributed by atoms with van der Waals surface area (Å²) in [4.78, 5) is 13.0. The van der Waals surface area contributed by atoms with Gasteiger partial charge >= 0.3 is 6.18 Å². The van der Waals surface area contributed by atoms with Crippen LogP contribution in [0.15, 0.2) is 51.4 Å². The molecule has 0 aliphatic rings. The molecule has 0 saturated heterocycles. The molecule has 0 unspecified atom stereocenters. The number of hydrogen-bond acceptors (Lipinski definition) is 7. The van der Waals surface area contributed by atoms with E-state index in [1.807, 2.05) is 0 Å². The Morgan fingerprint density at radius 3 is 2.63 bits per heavy atom. The van der Waals surface area contributed by atoms with Gasteiger partial charge in [-0.25, -0.2) is 4.39 Å². The van der Waals surface area contributed by atoms with Crippen LogP contribution in [0.1, 0.15) is 11.3 Å². The molecule has 0 aliphatic carbocycles. The number of rotatable bonds is 9. The first-order valence-electron chi connectivity index (χ1n) is 8.60. The molecule has 0 bridgehead atoms. The molecule has 0 fully saturated rings. The second-order valence-electron chi connectivity index (χ2n) is 6.09. The molecule has 1 N–H and O–H groups in total. The first-order chi connectivity index (χ1) is 14.3. The van der Waals surface area contributed by atoms with Crippen LogP contribution in [0.2, 0.25) is 0 Å². The van der Waals surface area contributed by atoms with Gasteiger partial charge in [-0.15, -0.1) is 10.2 Å². The first-order valence-corrected chi connectivity index (χ1v) is 10.4. The van der Waals surface area contributed by atoms with E-state index in [0.717, 1.165) is 17.3 Å². The molecule has 3 rings (SSSR count). The molecule has 0 aliphatic heterocycles. The number of halogens is 4. The number of benzene rings is 1. The van der Waals surface area contributed by atoms with Crippen molar-refractivity contribution in [3.63, 3.8) is 0 Å². The number of aromatic nitrogens is 2. The monoisotopic (exact) mass is 460 g/mol. The van der Waals surface area contributed by atoms with E-state index in [4.69, 9.17) is 4.42 Å². The third kappa shape index (κ3) is 7.02. The van der Waals surface area contributed by atoms with Gasteiger partial charge in [0.2, 0.25) is 11.0 Å². The van der Waals surface area contributed by atoms with Gasteiger partial charge in [-0.2, -0.15) is 13.2 Å². The molecule has 0 spiro atoms. The topological polar surface area (TPSA) is 71.3 Å². The molecule has 3 aromatic rings. The van der Waals surface area contributed by atoms with E-state index in [2.05, 4.69) is 15.5 Å². The number of amides is 1. The first kappa shape index (κ1) is 22.1. The highest BCUT2D eigenvalue weighted by Gasteiger charge is 2.33. The summed E-state index contributed by atoms with van der Waals surface area (Å²) in [6.45, 7) is -1.23. The lowest BCUT2D eigenvalue weighted by Gasteiger charge is -2.22. The Balaban J connectivity index is 1.52. The number of carbonyl (C=O) groups excluding carboxylic acids is 1. The fourth-order valence-electron chi connectivity index (χ4n) is 2.37. The van der Waals surface area contributed by atoms with Gasteiger partial charge in [0, 0.05) is 6.54 Å². The van der Waals surface area contributed by atoms with Crippen LogP contribution in [0, 0.1) is 5.82 Å². The summed E-state index contributed by atoms with van der Waals surface area (Å²) in [5, 5.41) is 11.4.